The Morgan fingerprint density at radius 1 is 1.29 bits per heavy atom. The van der Waals surface area contributed by atoms with E-state index in [1.807, 2.05) is 24.3 Å². The first-order valence-electron chi connectivity index (χ1n) is 9.29. The minimum Gasteiger partial charge on any atom is -0.386 e. The summed E-state index contributed by atoms with van der Waals surface area (Å²) in [6.07, 6.45) is 3.94. The Morgan fingerprint density at radius 2 is 2.04 bits per heavy atom. The molecule has 4 N–H and O–H groups in total. The number of hydrogen-bond donors (Lipinski definition) is 3. The molecule has 146 valence electrons. The van der Waals surface area contributed by atoms with Crippen LogP contribution in [0.4, 0.5) is 5.95 Å². The molecule has 0 saturated heterocycles. The third-order valence-electron chi connectivity index (χ3n) is 5.18. The Balaban J connectivity index is 1.59. The number of nitrogens with two attached hydrogens (primary N) is 1. The second kappa shape index (κ2) is 6.83. The van der Waals surface area contributed by atoms with E-state index in [4.69, 9.17) is 5.73 Å². The lowest BCUT2D eigenvalue weighted by Gasteiger charge is -2.17. The summed E-state index contributed by atoms with van der Waals surface area (Å²) in [6, 6.07) is 7.55. The van der Waals surface area contributed by atoms with E-state index in [0.29, 0.717) is 23.5 Å². The summed E-state index contributed by atoms with van der Waals surface area (Å²) >= 11 is 0. The zero-order valence-corrected chi connectivity index (χ0v) is 15.8. The predicted octanol–water partition coefficient (Wildman–Crippen LogP) is 1.50. The standard InChI is InChI=1S/C19H23N7O2/c1-19(2,28)12-4-7-14(8-5-12)26-17-15(24-25-26)10-21-18(23-17)22-13-6-3-11(9-13)16(20)27/h4-5,7-8,10-11,13,28H,3,6,9H2,1-2H3,(H2,20,27)(H,21,22,23). The summed E-state index contributed by atoms with van der Waals surface area (Å²) in [5.74, 6) is 0.124. The number of nitrogens with one attached hydrogen (secondary N) is 1. The number of nitrogens with zero attached hydrogens (tertiary/aromatic N) is 5. The molecule has 1 aliphatic carbocycles. The van der Waals surface area contributed by atoms with E-state index in [2.05, 4.69) is 25.6 Å². The second-order valence-corrected chi connectivity index (χ2v) is 7.76. The number of carbonyl (C=O) groups excluding carboxylic acids is 1. The Bertz CT molecular complexity index is 1010. The highest BCUT2D eigenvalue weighted by atomic mass is 16.3. The van der Waals surface area contributed by atoms with Gasteiger partial charge < -0.3 is 16.2 Å². The summed E-state index contributed by atoms with van der Waals surface area (Å²) in [4.78, 5) is 20.2. The third kappa shape index (κ3) is 3.53. The van der Waals surface area contributed by atoms with Gasteiger partial charge in [-0.05, 0) is 50.8 Å². The van der Waals surface area contributed by atoms with Gasteiger partial charge in [0.05, 0.1) is 17.5 Å². The monoisotopic (exact) mass is 381 g/mol. The van der Waals surface area contributed by atoms with E-state index in [9.17, 15) is 9.90 Å². The van der Waals surface area contributed by atoms with Gasteiger partial charge in [-0.25, -0.2) is 4.98 Å². The first-order chi connectivity index (χ1) is 13.3. The van der Waals surface area contributed by atoms with Crippen LogP contribution >= 0.6 is 0 Å². The number of benzene rings is 1. The molecule has 1 amide bonds. The molecule has 0 bridgehead atoms. The average molecular weight is 381 g/mol. The summed E-state index contributed by atoms with van der Waals surface area (Å²) in [5, 5.41) is 21.7. The summed E-state index contributed by atoms with van der Waals surface area (Å²) in [7, 11) is 0. The number of aromatic nitrogens is 5. The van der Waals surface area contributed by atoms with Crippen LogP contribution in [0.25, 0.3) is 16.9 Å². The number of rotatable bonds is 5. The number of primary amides is 1. The molecule has 2 unspecified atom stereocenters. The van der Waals surface area contributed by atoms with Gasteiger partial charge in [0.2, 0.25) is 11.9 Å². The quantitative estimate of drug-likeness (QED) is 0.610. The Kier molecular flexibility index (Phi) is 4.46. The van der Waals surface area contributed by atoms with Crippen molar-refractivity contribution in [3.05, 3.63) is 36.0 Å². The predicted molar refractivity (Wildman–Crippen MR) is 104 cm³/mol. The maximum atomic E-state index is 11.4. The lowest BCUT2D eigenvalue weighted by atomic mass is 9.98. The highest BCUT2D eigenvalue weighted by Gasteiger charge is 2.29. The van der Waals surface area contributed by atoms with Crippen molar-refractivity contribution < 1.29 is 9.90 Å². The highest BCUT2D eigenvalue weighted by Crippen LogP contribution is 2.27. The Morgan fingerprint density at radius 3 is 2.68 bits per heavy atom. The number of amides is 1. The van der Waals surface area contributed by atoms with E-state index in [1.54, 1.807) is 24.7 Å². The van der Waals surface area contributed by atoms with Gasteiger partial charge in [0.15, 0.2) is 11.2 Å². The maximum Gasteiger partial charge on any atom is 0.225 e. The first kappa shape index (κ1) is 18.3. The molecule has 1 fully saturated rings. The lowest BCUT2D eigenvalue weighted by molar-refractivity contribution is -0.121. The SMILES string of the molecule is CC(C)(O)c1ccc(-n2nnc3cnc(NC4CCC(C(N)=O)C4)nc32)cc1. The van der Waals surface area contributed by atoms with Crippen LogP contribution in [-0.4, -0.2) is 42.0 Å². The molecule has 9 nitrogen and oxygen atoms in total. The zero-order chi connectivity index (χ0) is 19.9. The van der Waals surface area contributed by atoms with Gasteiger partial charge in [-0.3, -0.25) is 4.79 Å². The third-order valence-corrected chi connectivity index (χ3v) is 5.18. The fourth-order valence-corrected chi connectivity index (χ4v) is 3.54. The summed E-state index contributed by atoms with van der Waals surface area (Å²) in [5.41, 5.74) is 7.25. The van der Waals surface area contributed by atoms with Crippen molar-refractivity contribution in [3.8, 4) is 5.69 Å². The van der Waals surface area contributed by atoms with Crippen LogP contribution in [-0.2, 0) is 10.4 Å². The largest absolute Gasteiger partial charge is 0.386 e. The highest BCUT2D eigenvalue weighted by molar-refractivity contribution is 5.77. The molecular weight excluding hydrogens is 358 g/mol. The molecule has 1 aromatic carbocycles. The number of fused-ring (bicyclic) bond motifs is 1. The molecule has 0 spiro atoms. The van der Waals surface area contributed by atoms with Crippen LogP contribution < -0.4 is 11.1 Å². The van der Waals surface area contributed by atoms with Crippen molar-refractivity contribution in [3.63, 3.8) is 0 Å². The number of anilines is 1. The van der Waals surface area contributed by atoms with Crippen molar-refractivity contribution in [2.45, 2.75) is 44.8 Å². The van der Waals surface area contributed by atoms with Gasteiger partial charge in [-0.2, -0.15) is 9.67 Å². The van der Waals surface area contributed by atoms with E-state index in [1.165, 1.54) is 0 Å². The first-order valence-corrected chi connectivity index (χ1v) is 9.29. The normalized spacial score (nSPS) is 19.8. The maximum absolute atomic E-state index is 11.4. The van der Waals surface area contributed by atoms with E-state index >= 15 is 0 Å². The van der Waals surface area contributed by atoms with E-state index in [-0.39, 0.29) is 17.9 Å². The molecular formula is C19H23N7O2. The second-order valence-electron chi connectivity index (χ2n) is 7.76. The molecule has 9 heteroatoms. The molecule has 4 rings (SSSR count). The fourth-order valence-electron chi connectivity index (χ4n) is 3.54. The van der Waals surface area contributed by atoms with Gasteiger partial charge in [-0.1, -0.05) is 17.3 Å². The smallest absolute Gasteiger partial charge is 0.225 e. The van der Waals surface area contributed by atoms with Crippen LogP contribution in [0, 0.1) is 5.92 Å². The average Bonchev–Trinajstić information content (AvgIpc) is 3.28. The Hall–Kier alpha value is -3.07. The van der Waals surface area contributed by atoms with E-state index < -0.39 is 5.60 Å². The number of carbonyl (C=O) groups is 1. The molecule has 1 aliphatic rings. The van der Waals surface area contributed by atoms with Gasteiger partial charge in [0.25, 0.3) is 0 Å². The van der Waals surface area contributed by atoms with Crippen molar-refractivity contribution in [2.75, 3.05) is 5.32 Å². The van der Waals surface area contributed by atoms with Gasteiger partial charge >= 0.3 is 0 Å². The molecule has 1 saturated carbocycles. The summed E-state index contributed by atoms with van der Waals surface area (Å²) < 4.78 is 1.64. The van der Waals surface area contributed by atoms with Crippen LogP contribution in [0.3, 0.4) is 0 Å². The molecule has 2 aromatic heterocycles. The molecule has 0 aliphatic heterocycles. The molecule has 2 heterocycles. The van der Waals surface area contributed by atoms with Crippen LogP contribution in [0.5, 0.6) is 0 Å². The fraction of sp³-hybridized carbons (Fsp3) is 0.421. The molecule has 3 aromatic rings. The lowest BCUT2D eigenvalue weighted by Crippen LogP contribution is -2.23. The summed E-state index contributed by atoms with van der Waals surface area (Å²) in [6.45, 7) is 3.48. The van der Waals surface area contributed by atoms with Crippen LogP contribution in [0.2, 0.25) is 0 Å². The minimum absolute atomic E-state index is 0.0947. The van der Waals surface area contributed by atoms with E-state index in [0.717, 1.165) is 24.1 Å². The van der Waals surface area contributed by atoms with Crippen LogP contribution in [0.15, 0.2) is 30.5 Å². The van der Waals surface area contributed by atoms with Crippen molar-refractivity contribution in [1.82, 2.24) is 25.0 Å². The zero-order valence-electron chi connectivity index (χ0n) is 15.8. The van der Waals surface area contributed by atoms with Gasteiger partial charge in [0, 0.05) is 12.0 Å². The van der Waals surface area contributed by atoms with Crippen molar-refractivity contribution in [2.24, 2.45) is 11.7 Å². The number of hydrogen-bond acceptors (Lipinski definition) is 7. The Labute approximate surface area is 162 Å². The number of aliphatic hydroxyl groups is 1. The van der Waals surface area contributed by atoms with Crippen LogP contribution in [0.1, 0.15) is 38.7 Å². The minimum atomic E-state index is -0.910. The van der Waals surface area contributed by atoms with Gasteiger partial charge in [0.1, 0.15) is 0 Å². The van der Waals surface area contributed by atoms with Crippen molar-refractivity contribution >= 4 is 23.0 Å². The molecule has 28 heavy (non-hydrogen) atoms. The molecule has 2 atom stereocenters. The molecule has 0 radical (unpaired) electrons. The van der Waals surface area contributed by atoms with Gasteiger partial charge in [-0.15, -0.1) is 5.10 Å². The topological polar surface area (TPSA) is 132 Å². The van der Waals surface area contributed by atoms with Crippen molar-refractivity contribution in [1.29, 1.82) is 0 Å².